The van der Waals surface area contributed by atoms with Crippen LogP contribution in [0.1, 0.15) is 70.9 Å². The Hall–Kier alpha value is -0.820. The number of rotatable bonds is 6. The summed E-state index contributed by atoms with van der Waals surface area (Å²) in [5.74, 6) is 0.920. The Kier molecular flexibility index (Phi) is 5.87. The maximum atomic E-state index is 3.80. The fourth-order valence-electron chi connectivity index (χ4n) is 3.70. The van der Waals surface area contributed by atoms with Crippen molar-refractivity contribution < 1.29 is 0 Å². The van der Waals surface area contributed by atoms with E-state index >= 15 is 0 Å². The van der Waals surface area contributed by atoms with Gasteiger partial charge in [-0.15, -0.1) is 0 Å². The van der Waals surface area contributed by atoms with Gasteiger partial charge in [0.25, 0.3) is 0 Å². The van der Waals surface area contributed by atoms with Gasteiger partial charge < -0.3 is 5.32 Å². The third-order valence-electron chi connectivity index (χ3n) is 5.82. The normalized spacial score (nSPS) is 23.2. The minimum atomic E-state index is 0.528. The van der Waals surface area contributed by atoms with E-state index in [4.69, 9.17) is 0 Å². The summed E-state index contributed by atoms with van der Waals surface area (Å²) in [7, 11) is 0. The lowest BCUT2D eigenvalue weighted by atomic mass is 9.69. The second-order valence-corrected chi connectivity index (χ2v) is 7.39. The summed E-state index contributed by atoms with van der Waals surface area (Å²) in [4.78, 5) is 0. The van der Waals surface area contributed by atoms with E-state index in [-0.39, 0.29) is 0 Å². The predicted octanol–water partition coefficient (Wildman–Crippen LogP) is 5.33. The number of nitrogens with one attached hydrogen (secondary N) is 1. The van der Waals surface area contributed by atoms with Gasteiger partial charge in [-0.05, 0) is 54.6 Å². The van der Waals surface area contributed by atoms with Crippen LogP contribution in [0.5, 0.6) is 0 Å². The fraction of sp³-hybridized carbons (Fsp3) is 0.700. The molecule has 0 aliphatic heterocycles. The van der Waals surface area contributed by atoms with Gasteiger partial charge in [0, 0.05) is 12.6 Å². The van der Waals surface area contributed by atoms with Crippen molar-refractivity contribution >= 4 is 0 Å². The van der Waals surface area contributed by atoms with Gasteiger partial charge in [-0.1, -0.05) is 58.4 Å². The van der Waals surface area contributed by atoms with E-state index in [2.05, 4.69) is 57.3 Å². The van der Waals surface area contributed by atoms with E-state index in [0.29, 0.717) is 5.41 Å². The summed E-state index contributed by atoms with van der Waals surface area (Å²) < 4.78 is 0. The molecule has 1 aromatic rings. The van der Waals surface area contributed by atoms with Gasteiger partial charge >= 0.3 is 0 Å². The second-order valence-electron chi connectivity index (χ2n) is 7.39. The Morgan fingerprint density at radius 3 is 2.19 bits per heavy atom. The fourth-order valence-corrected chi connectivity index (χ4v) is 3.70. The molecule has 1 aromatic carbocycles. The first-order chi connectivity index (χ1) is 10.1. The van der Waals surface area contributed by atoms with Gasteiger partial charge in [0.2, 0.25) is 0 Å². The highest BCUT2D eigenvalue weighted by molar-refractivity contribution is 5.26. The SMILES string of the molecule is CCc1ccccc1CNC1CCC(C(C)(C)CC)CC1. The smallest absolute Gasteiger partial charge is 0.0210 e. The quantitative estimate of drug-likeness (QED) is 0.745. The van der Waals surface area contributed by atoms with Gasteiger partial charge in [-0.25, -0.2) is 0 Å². The van der Waals surface area contributed by atoms with Crippen LogP contribution in [0.4, 0.5) is 0 Å². The second kappa shape index (κ2) is 7.45. The molecule has 1 fully saturated rings. The molecule has 0 saturated heterocycles. The summed E-state index contributed by atoms with van der Waals surface area (Å²) in [5.41, 5.74) is 3.50. The molecular formula is C20H33N. The van der Waals surface area contributed by atoms with Crippen LogP contribution >= 0.6 is 0 Å². The zero-order chi connectivity index (χ0) is 15.3. The van der Waals surface area contributed by atoms with Crippen molar-refractivity contribution in [2.75, 3.05) is 0 Å². The topological polar surface area (TPSA) is 12.0 Å². The molecule has 0 radical (unpaired) electrons. The molecule has 0 unspecified atom stereocenters. The van der Waals surface area contributed by atoms with Crippen molar-refractivity contribution in [3.05, 3.63) is 35.4 Å². The molecule has 2 rings (SSSR count). The maximum absolute atomic E-state index is 3.80. The third kappa shape index (κ3) is 4.32. The Balaban J connectivity index is 1.82. The first-order valence-corrected chi connectivity index (χ1v) is 8.87. The molecule has 0 atom stereocenters. The lowest BCUT2D eigenvalue weighted by Gasteiger charge is -2.39. The number of aryl methyl sites for hydroxylation is 1. The van der Waals surface area contributed by atoms with E-state index in [1.807, 2.05) is 0 Å². The Morgan fingerprint density at radius 1 is 1.00 bits per heavy atom. The minimum Gasteiger partial charge on any atom is -0.310 e. The van der Waals surface area contributed by atoms with E-state index in [9.17, 15) is 0 Å². The van der Waals surface area contributed by atoms with Gasteiger partial charge in [-0.2, -0.15) is 0 Å². The average Bonchev–Trinajstić information content (AvgIpc) is 2.53. The summed E-state index contributed by atoms with van der Waals surface area (Å²) in [5, 5.41) is 3.80. The Bertz CT molecular complexity index is 427. The summed E-state index contributed by atoms with van der Waals surface area (Å²) >= 11 is 0. The third-order valence-corrected chi connectivity index (χ3v) is 5.82. The van der Waals surface area contributed by atoms with Crippen molar-refractivity contribution in [2.24, 2.45) is 11.3 Å². The van der Waals surface area contributed by atoms with Crippen molar-refractivity contribution in [3.63, 3.8) is 0 Å². The number of hydrogen-bond donors (Lipinski definition) is 1. The van der Waals surface area contributed by atoms with Crippen LogP contribution in [0.3, 0.4) is 0 Å². The molecule has 0 amide bonds. The van der Waals surface area contributed by atoms with Crippen molar-refractivity contribution in [1.82, 2.24) is 5.32 Å². The molecule has 1 N–H and O–H groups in total. The maximum Gasteiger partial charge on any atom is 0.0210 e. The van der Waals surface area contributed by atoms with Crippen molar-refractivity contribution in [3.8, 4) is 0 Å². The minimum absolute atomic E-state index is 0.528. The molecule has 1 heteroatoms. The van der Waals surface area contributed by atoms with E-state index in [1.54, 1.807) is 0 Å². The zero-order valence-electron chi connectivity index (χ0n) is 14.4. The standard InChI is InChI=1S/C20H33N/c1-5-16-9-7-8-10-17(16)15-21-19-13-11-18(12-14-19)20(3,4)6-2/h7-10,18-19,21H,5-6,11-15H2,1-4H3. The van der Waals surface area contributed by atoms with Crippen molar-refractivity contribution in [1.29, 1.82) is 0 Å². The van der Waals surface area contributed by atoms with Crippen LogP contribution in [0, 0.1) is 11.3 Å². The van der Waals surface area contributed by atoms with Gasteiger partial charge in [0.05, 0.1) is 0 Å². The molecule has 1 nitrogen and oxygen atoms in total. The Labute approximate surface area is 131 Å². The molecule has 0 bridgehead atoms. The van der Waals surface area contributed by atoms with E-state index in [0.717, 1.165) is 24.9 Å². The van der Waals surface area contributed by atoms with Gasteiger partial charge in [-0.3, -0.25) is 0 Å². The molecule has 0 aromatic heterocycles. The number of hydrogen-bond acceptors (Lipinski definition) is 1. The van der Waals surface area contributed by atoms with Gasteiger partial charge in [0.15, 0.2) is 0 Å². The Morgan fingerprint density at radius 2 is 1.62 bits per heavy atom. The predicted molar refractivity (Wildman–Crippen MR) is 92.5 cm³/mol. The van der Waals surface area contributed by atoms with E-state index < -0.39 is 0 Å². The molecule has 21 heavy (non-hydrogen) atoms. The molecule has 0 heterocycles. The molecular weight excluding hydrogens is 254 g/mol. The first-order valence-electron chi connectivity index (χ1n) is 8.87. The molecule has 1 saturated carbocycles. The lowest BCUT2D eigenvalue weighted by molar-refractivity contribution is 0.137. The molecule has 118 valence electrons. The highest BCUT2D eigenvalue weighted by Gasteiger charge is 2.31. The summed E-state index contributed by atoms with van der Waals surface area (Å²) in [6.07, 6.45) is 7.93. The van der Waals surface area contributed by atoms with Crippen LogP contribution in [0.2, 0.25) is 0 Å². The van der Waals surface area contributed by atoms with Crippen LogP contribution in [0.15, 0.2) is 24.3 Å². The highest BCUT2D eigenvalue weighted by Crippen LogP contribution is 2.40. The lowest BCUT2D eigenvalue weighted by Crippen LogP contribution is -2.36. The molecule has 1 aliphatic rings. The van der Waals surface area contributed by atoms with Gasteiger partial charge in [0.1, 0.15) is 0 Å². The van der Waals surface area contributed by atoms with Crippen LogP contribution in [-0.4, -0.2) is 6.04 Å². The summed E-state index contributed by atoms with van der Waals surface area (Å²) in [6, 6.07) is 9.57. The van der Waals surface area contributed by atoms with Crippen LogP contribution in [-0.2, 0) is 13.0 Å². The van der Waals surface area contributed by atoms with Crippen LogP contribution in [0.25, 0.3) is 0 Å². The van der Waals surface area contributed by atoms with Crippen molar-refractivity contribution in [2.45, 2.75) is 78.8 Å². The monoisotopic (exact) mass is 287 g/mol. The van der Waals surface area contributed by atoms with E-state index in [1.165, 1.54) is 43.2 Å². The summed E-state index contributed by atoms with van der Waals surface area (Å²) in [6.45, 7) is 10.5. The average molecular weight is 287 g/mol. The first kappa shape index (κ1) is 16.5. The highest BCUT2D eigenvalue weighted by atomic mass is 14.9. The largest absolute Gasteiger partial charge is 0.310 e. The molecule has 0 spiro atoms. The molecule has 1 aliphatic carbocycles. The van der Waals surface area contributed by atoms with Crippen LogP contribution < -0.4 is 5.32 Å². The number of benzene rings is 1. The zero-order valence-corrected chi connectivity index (χ0v) is 14.4.